The Bertz CT molecular complexity index is 2270. The largest absolute Gasteiger partial charge is 0.473 e. The van der Waals surface area contributed by atoms with Crippen LogP contribution >= 0.6 is 11.6 Å². The summed E-state index contributed by atoms with van der Waals surface area (Å²) in [4.78, 5) is 42.6. The minimum absolute atomic E-state index is 0. The normalized spacial score (nSPS) is 15.1. The lowest BCUT2D eigenvalue weighted by Crippen LogP contribution is -2.36. The van der Waals surface area contributed by atoms with E-state index in [4.69, 9.17) is 26.4 Å². The molecule has 0 unspecified atom stereocenters. The standard InChI is InChI=1S/C20H21N3O2.C15H18N2O2.C5H4ClN.CH4/c1-20(2)9-8-17-22-16-11-14(12-25-18-5-3-4-10-21-18)6-7-15(16)19(24)23(17)13-20;1-15(2)6-5-13-16-12-7-10(8-18)3-4-11(12)14(19)17(13)9-15;6-5-3-1-2-4-7-5;/h3-7,10-11H,8-9,12-13H2,1-2H3;3-4,7,18H,5-6,8-9H2,1-2H3;1-4H;1H4. The Morgan fingerprint density at radius 2 is 1.25 bits per heavy atom. The van der Waals surface area contributed by atoms with Gasteiger partial charge in [0.05, 0.1) is 28.4 Å². The van der Waals surface area contributed by atoms with E-state index in [1.165, 1.54) is 0 Å². The van der Waals surface area contributed by atoms with Crippen LogP contribution in [0.5, 0.6) is 5.88 Å². The Morgan fingerprint density at radius 3 is 1.71 bits per heavy atom. The molecule has 0 aliphatic carbocycles. The molecular weight excluding hydrogens is 676 g/mol. The first-order valence-corrected chi connectivity index (χ1v) is 17.6. The zero-order valence-corrected chi connectivity index (χ0v) is 30.2. The molecule has 1 N–H and O–H groups in total. The molecular formula is C41H47ClN6O4. The van der Waals surface area contributed by atoms with Gasteiger partial charge in [-0.05, 0) is 77.3 Å². The van der Waals surface area contributed by atoms with Crippen LogP contribution < -0.4 is 15.9 Å². The fourth-order valence-electron chi connectivity index (χ4n) is 6.37. The summed E-state index contributed by atoms with van der Waals surface area (Å²) < 4.78 is 9.34. The van der Waals surface area contributed by atoms with E-state index in [9.17, 15) is 9.59 Å². The number of halogens is 1. The second kappa shape index (κ2) is 16.2. The highest BCUT2D eigenvalue weighted by Crippen LogP contribution is 2.30. The van der Waals surface area contributed by atoms with Crippen LogP contribution in [0.1, 0.15) is 70.7 Å². The van der Waals surface area contributed by atoms with Crippen molar-refractivity contribution in [3.8, 4) is 5.88 Å². The van der Waals surface area contributed by atoms with Gasteiger partial charge in [-0.1, -0.05) is 71.0 Å². The number of nitrogens with zero attached hydrogens (tertiary/aromatic N) is 6. The van der Waals surface area contributed by atoms with Gasteiger partial charge in [-0.15, -0.1) is 0 Å². The van der Waals surface area contributed by atoms with Crippen LogP contribution in [0, 0.1) is 10.8 Å². The number of fused-ring (bicyclic) bond motifs is 4. The summed E-state index contributed by atoms with van der Waals surface area (Å²) in [6, 6.07) is 22.1. The molecule has 6 heterocycles. The molecule has 2 aliphatic heterocycles. The van der Waals surface area contributed by atoms with Gasteiger partial charge >= 0.3 is 0 Å². The number of ether oxygens (including phenoxy) is 1. The van der Waals surface area contributed by atoms with E-state index in [-0.39, 0.29) is 36.0 Å². The van der Waals surface area contributed by atoms with E-state index in [1.54, 1.807) is 36.7 Å². The molecule has 0 saturated heterocycles. The number of rotatable bonds is 4. The molecule has 0 saturated carbocycles. The topological polar surface area (TPSA) is 125 Å². The van der Waals surface area contributed by atoms with Crippen molar-refractivity contribution in [2.24, 2.45) is 10.8 Å². The summed E-state index contributed by atoms with van der Waals surface area (Å²) in [6.45, 7) is 10.6. The van der Waals surface area contributed by atoms with Crippen molar-refractivity contribution in [1.82, 2.24) is 29.1 Å². The van der Waals surface area contributed by atoms with Gasteiger partial charge in [0, 0.05) is 44.4 Å². The summed E-state index contributed by atoms with van der Waals surface area (Å²) in [5.41, 5.74) is 3.61. The highest BCUT2D eigenvalue weighted by atomic mass is 35.5. The van der Waals surface area contributed by atoms with E-state index in [2.05, 4.69) is 42.6 Å². The zero-order valence-electron chi connectivity index (χ0n) is 29.5. The molecule has 4 aromatic heterocycles. The van der Waals surface area contributed by atoms with Crippen LogP contribution in [0.3, 0.4) is 0 Å². The third kappa shape index (κ3) is 9.10. The third-order valence-electron chi connectivity index (χ3n) is 9.26. The van der Waals surface area contributed by atoms with Crippen molar-refractivity contribution in [2.45, 2.75) is 87.1 Å². The van der Waals surface area contributed by atoms with Crippen LogP contribution in [0.15, 0.2) is 94.8 Å². The highest BCUT2D eigenvalue weighted by Gasteiger charge is 2.28. The smallest absolute Gasteiger partial charge is 0.261 e. The average molecular weight is 723 g/mol. The summed E-state index contributed by atoms with van der Waals surface area (Å²) >= 11 is 5.43. The fourth-order valence-corrected chi connectivity index (χ4v) is 6.50. The minimum Gasteiger partial charge on any atom is -0.473 e. The Balaban J connectivity index is 0.000000171. The van der Waals surface area contributed by atoms with Crippen molar-refractivity contribution < 1.29 is 9.84 Å². The van der Waals surface area contributed by atoms with Gasteiger partial charge in [-0.3, -0.25) is 18.7 Å². The van der Waals surface area contributed by atoms with Gasteiger partial charge in [-0.25, -0.2) is 19.9 Å². The maximum atomic E-state index is 12.8. The Morgan fingerprint density at radius 1 is 0.731 bits per heavy atom. The first-order valence-electron chi connectivity index (χ1n) is 17.2. The number of hydrogen-bond acceptors (Lipinski definition) is 8. The van der Waals surface area contributed by atoms with Crippen LogP contribution in [0.25, 0.3) is 21.8 Å². The predicted molar refractivity (Wildman–Crippen MR) is 207 cm³/mol. The Hall–Kier alpha value is -4.93. The molecule has 6 aromatic rings. The molecule has 0 fully saturated rings. The molecule has 0 spiro atoms. The molecule has 0 amide bonds. The van der Waals surface area contributed by atoms with E-state index >= 15 is 0 Å². The van der Waals surface area contributed by atoms with Crippen molar-refractivity contribution in [2.75, 3.05) is 0 Å². The zero-order chi connectivity index (χ0) is 36.2. The molecule has 272 valence electrons. The maximum absolute atomic E-state index is 12.8. The average Bonchev–Trinajstić information content (AvgIpc) is 3.12. The van der Waals surface area contributed by atoms with Gasteiger partial charge < -0.3 is 9.84 Å². The summed E-state index contributed by atoms with van der Waals surface area (Å²) in [6.07, 6.45) is 7.13. The van der Waals surface area contributed by atoms with Gasteiger partial charge in [0.15, 0.2) is 0 Å². The van der Waals surface area contributed by atoms with E-state index in [0.717, 1.165) is 67.1 Å². The first-order chi connectivity index (χ1) is 24.4. The van der Waals surface area contributed by atoms with Crippen LogP contribution in [0.2, 0.25) is 5.15 Å². The molecule has 0 bridgehead atoms. The number of aromatic nitrogens is 6. The lowest BCUT2D eigenvalue weighted by atomic mass is 9.85. The Labute approximate surface area is 309 Å². The van der Waals surface area contributed by atoms with Crippen LogP contribution in [-0.2, 0) is 39.1 Å². The van der Waals surface area contributed by atoms with Gasteiger partial charge in [0.2, 0.25) is 5.88 Å². The van der Waals surface area contributed by atoms with Crippen molar-refractivity contribution >= 4 is 33.4 Å². The quantitative estimate of drug-likeness (QED) is 0.185. The van der Waals surface area contributed by atoms with E-state index in [0.29, 0.717) is 33.9 Å². The molecule has 11 heteroatoms. The second-order valence-corrected chi connectivity index (χ2v) is 15.0. The van der Waals surface area contributed by atoms with Crippen molar-refractivity contribution in [3.63, 3.8) is 0 Å². The molecule has 2 aromatic carbocycles. The molecule has 8 rings (SSSR count). The molecule has 10 nitrogen and oxygen atoms in total. The molecule has 0 atom stereocenters. The number of pyridine rings is 2. The SMILES string of the molecule is C.CC1(C)CCc2nc3cc(CO)ccc3c(=O)n2C1.CC1(C)CCc2nc3cc(COc4ccccn4)ccc3c(=O)n2C1.Clc1ccccn1. The van der Waals surface area contributed by atoms with Gasteiger partial charge in [0.25, 0.3) is 11.1 Å². The summed E-state index contributed by atoms with van der Waals surface area (Å²) in [7, 11) is 0. The minimum atomic E-state index is -0.0247. The lowest BCUT2D eigenvalue weighted by molar-refractivity contribution is 0.240. The van der Waals surface area contributed by atoms with Crippen LogP contribution in [-0.4, -0.2) is 34.2 Å². The molecule has 0 radical (unpaired) electrons. The van der Waals surface area contributed by atoms with E-state index in [1.807, 2.05) is 57.7 Å². The molecule has 2 aliphatic rings. The van der Waals surface area contributed by atoms with Gasteiger partial charge in [-0.2, -0.15) is 0 Å². The van der Waals surface area contributed by atoms with Crippen molar-refractivity contribution in [1.29, 1.82) is 0 Å². The highest BCUT2D eigenvalue weighted by molar-refractivity contribution is 6.29. The maximum Gasteiger partial charge on any atom is 0.261 e. The number of benzene rings is 2. The number of aryl methyl sites for hydroxylation is 2. The van der Waals surface area contributed by atoms with Crippen LogP contribution in [0.4, 0.5) is 0 Å². The molecule has 52 heavy (non-hydrogen) atoms. The number of aliphatic hydroxyl groups excluding tert-OH is 1. The Kier molecular flexibility index (Phi) is 11.9. The third-order valence-corrected chi connectivity index (χ3v) is 9.48. The summed E-state index contributed by atoms with van der Waals surface area (Å²) in [5.74, 6) is 2.34. The second-order valence-electron chi connectivity index (χ2n) is 14.6. The van der Waals surface area contributed by atoms with Gasteiger partial charge in [0.1, 0.15) is 23.4 Å². The monoisotopic (exact) mass is 722 g/mol. The number of hydrogen-bond donors (Lipinski definition) is 1. The van der Waals surface area contributed by atoms with E-state index < -0.39 is 0 Å². The lowest BCUT2D eigenvalue weighted by Gasteiger charge is -2.31. The first kappa shape index (κ1) is 38.3. The van der Waals surface area contributed by atoms with Crippen molar-refractivity contribution in [3.05, 3.63) is 134 Å². The fraction of sp³-hybridized carbons (Fsp3) is 0.366. The summed E-state index contributed by atoms with van der Waals surface area (Å²) in [5, 5.41) is 11.0. The predicted octanol–water partition coefficient (Wildman–Crippen LogP) is 7.58. The number of aliphatic hydroxyl groups is 1.